The Morgan fingerprint density at radius 2 is 1.70 bits per heavy atom. The zero-order valence-electron chi connectivity index (χ0n) is 13.2. The molecule has 120 valence electrons. The van der Waals surface area contributed by atoms with Gasteiger partial charge < -0.3 is 10.0 Å². The minimum atomic E-state index is -0.844. The van der Waals surface area contributed by atoms with E-state index >= 15 is 0 Å². The summed E-state index contributed by atoms with van der Waals surface area (Å²) in [5, 5.41) is 9.30. The van der Waals surface area contributed by atoms with Crippen LogP contribution in [-0.2, 0) is 11.3 Å². The van der Waals surface area contributed by atoms with Crippen LogP contribution < -0.4 is 0 Å². The fourth-order valence-corrected chi connectivity index (χ4v) is 2.77. The highest BCUT2D eigenvalue weighted by Crippen LogP contribution is 2.21. The lowest BCUT2D eigenvalue weighted by atomic mass is 10.2. The quantitative estimate of drug-likeness (QED) is 0.665. The van der Waals surface area contributed by atoms with Gasteiger partial charge in [-0.1, -0.05) is 60.3 Å². The molecule has 2 rings (SSSR count). The molecule has 1 atom stereocenters. The van der Waals surface area contributed by atoms with Gasteiger partial charge in [-0.05, 0) is 24.6 Å². The van der Waals surface area contributed by atoms with Crippen LogP contribution in [0.4, 0.5) is 5.69 Å². The summed E-state index contributed by atoms with van der Waals surface area (Å²) in [6.07, 6.45) is 0. The standard InChI is InChI=1S/C18H20N2O2S/c1-14(17(21)22)23-18(19-16-11-7-4-8-12-16)20(2)13-15-9-5-3-6-10-15/h3-12,14H,13H2,1-2H3,(H,21,22)/t14-/m1/s1. The Hall–Kier alpha value is -2.27. The van der Waals surface area contributed by atoms with Crippen molar-refractivity contribution >= 4 is 28.6 Å². The van der Waals surface area contributed by atoms with Gasteiger partial charge in [-0.2, -0.15) is 0 Å². The van der Waals surface area contributed by atoms with Crippen molar-refractivity contribution in [1.82, 2.24) is 4.90 Å². The summed E-state index contributed by atoms with van der Waals surface area (Å²) in [6, 6.07) is 19.6. The van der Waals surface area contributed by atoms with Gasteiger partial charge in [0.15, 0.2) is 5.17 Å². The van der Waals surface area contributed by atoms with Crippen LogP contribution in [0.3, 0.4) is 0 Å². The predicted molar refractivity (Wildman–Crippen MR) is 96.1 cm³/mol. The lowest BCUT2D eigenvalue weighted by Gasteiger charge is -2.22. The number of aliphatic imine (C=N–C) groups is 1. The Morgan fingerprint density at radius 1 is 1.13 bits per heavy atom. The maximum atomic E-state index is 11.2. The maximum absolute atomic E-state index is 11.2. The molecular weight excluding hydrogens is 308 g/mol. The molecule has 0 unspecified atom stereocenters. The van der Waals surface area contributed by atoms with Crippen LogP contribution in [0.15, 0.2) is 65.7 Å². The fraction of sp³-hybridized carbons (Fsp3) is 0.222. The second kappa shape index (κ2) is 8.39. The third-order valence-corrected chi connectivity index (χ3v) is 4.37. The number of rotatable bonds is 5. The van der Waals surface area contributed by atoms with E-state index in [-0.39, 0.29) is 0 Å². The van der Waals surface area contributed by atoms with Crippen LogP contribution in [0.1, 0.15) is 12.5 Å². The normalized spacial score (nSPS) is 12.7. The monoisotopic (exact) mass is 328 g/mol. The molecule has 0 bridgehead atoms. The van der Waals surface area contributed by atoms with E-state index in [1.54, 1.807) is 6.92 Å². The first-order valence-corrected chi connectivity index (χ1v) is 8.22. The third kappa shape index (κ3) is 5.45. The van der Waals surface area contributed by atoms with E-state index in [9.17, 15) is 9.90 Å². The van der Waals surface area contributed by atoms with E-state index in [2.05, 4.69) is 4.99 Å². The molecule has 23 heavy (non-hydrogen) atoms. The zero-order chi connectivity index (χ0) is 16.7. The highest BCUT2D eigenvalue weighted by atomic mass is 32.2. The van der Waals surface area contributed by atoms with Crippen LogP contribution in [0.2, 0.25) is 0 Å². The van der Waals surface area contributed by atoms with E-state index < -0.39 is 11.2 Å². The van der Waals surface area contributed by atoms with Gasteiger partial charge in [0.2, 0.25) is 0 Å². The number of hydrogen-bond acceptors (Lipinski definition) is 3. The number of hydrogen-bond donors (Lipinski definition) is 1. The third-order valence-electron chi connectivity index (χ3n) is 3.20. The number of carboxylic acid groups (broad SMARTS) is 1. The minimum absolute atomic E-state index is 0.560. The van der Waals surface area contributed by atoms with Crippen molar-refractivity contribution in [2.45, 2.75) is 18.7 Å². The second-order valence-electron chi connectivity index (χ2n) is 5.17. The maximum Gasteiger partial charge on any atom is 0.316 e. The summed E-state index contributed by atoms with van der Waals surface area (Å²) in [6.45, 7) is 2.34. The van der Waals surface area contributed by atoms with Gasteiger partial charge in [0.05, 0.1) is 5.69 Å². The van der Waals surface area contributed by atoms with Crippen LogP contribution in [0, 0.1) is 0 Å². The number of amidine groups is 1. The Balaban J connectivity index is 2.21. The van der Waals surface area contributed by atoms with E-state index in [1.807, 2.05) is 72.6 Å². The number of nitrogens with zero attached hydrogens (tertiary/aromatic N) is 2. The van der Waals surface area contributed by atoms with E-state index in [1.165, 1.54) is 11.8 Å². The van der Waals surface area contributed by atoms with Crippen molar-refractivity contribution in [1.29, 1.82) is 0 Å². The molecule has 0 radical (unpaired) electrons. The molecule has 2 aromatic rings. The molecule has 0 spiro atoms. The number of carboxylic acids is 1. The van der Waals surface area contributed by atoms with Crippen molar-refractivity contribution in [3.63, 3.8) is 0 Å². The number of carbonyl (C=O) groups is 1. The first-order chi connectivity index (χ1) is 11.1. The summed E-state index contributed by atoms with van der Waals surface area (Å²) in [5.74, 6) is -0.844. The molecule has 0 aromatic heterocycles. The molecule has 0 aliphatic rings. The highest BCUT2D eigenvalue weighted by molar-refractivity contribution is 8.14. The van der Waals surface area contributed by atoms with Gasteiger partial charge in [0.25, 0.3) is 0 Å². The van der Waals surface area contributed by atoms with Crippen LogP contribution in [0.25, 0.3) is 0 Å². The molecule has 0 amide bonds. The van der Waals surface area contributed by atoms with Crippen LogP contribution >= 0.6 is 11.8 Å². The van der Waals surface area contributed by atoms with Gasteiger partial charge in [-0.3, -0.25) is 4.79 Å². The molecule has 0 saturated heterocycles. The van der Waals surface area contributed by atoms with E-state index in [0.717, 1.165) is 11.3 Å². The van der Waals surface area contributed by atoms with E-state index in [0.29, 0.717) is 11.7 Å². The molecular formula is C18H20N2O2S. The molecule has 2 aromatic carbocycles. The number of para-hydroxylation sites is 1. The number of thioether (sulfide) groups is 1. The average molecular weight is 328 g/mol. The topological polar surface area (TPSA) is 52.9 Å². The molecule has 1 N–H and O–H groups in total. The molecule has 5 heteroatoms. The van der Waals surface area contributed by atoms with Crippen molar-refractivity contribution in [3.05, 3.63) is 66.2 Å². The Bertz CT molecular complexity index is 659. The minimum Gasteiger partial charge on any atom is -0.480 e. The molecule has 0 saturated carbocycles. The van der Waals surface area contributed by atoms with Gasteiger partial charge >= 0.3 is 5.97 Å². The molecule has 4 nitrogen and oxygen atoms in total. The Morgan fingerprint density at radius 3 is 2.26 bits per heavy atom. The summed E-state index contributed by atoms with van der Waals surface area (Å²) in [5.41, 5.74) is 1.96. The van der Waals surface area contributed by atoms with Gasteiger partial charge in [0.1, 0.15) is 5.25 Å². The van der Waals surface area contributed by atoms with Crippen molar-refractivity contribution in [3.8, 4) is 0 Å². The zero-order valence-corrected chi connectivity index (χ0v) is 14.0. The summed E-state index contributed by atoms with van der Waals surface area (Å²) >= 11 is 1.25. The molecule has 0 aliphatic carbocycles. The average Bonchev–Trinajstić information content (AvgIpc) is 2.56. The number of aliphatic carboxylic acids is 1. The smallest absolute Gasteiger partial charge is 0.316 e. The Labute approximate surface area is 140 Å². The van der Waals surface area contributed by atoms with Crippen molar-refractivity contribution < 1.29 is 9.90 Å². The lowest BCUT2D eigenvalue weighted by Crippen LogP contribution is -2.27. The highest BCUT2D eigenvalue weighted by Gasteiger charge is 2.18. The first-order valence-electron chi connectivity index (χ1n) is 7.34. The van der Waals surface area contributed by atoms with Gasteiger partial charge in [-0.25, -0.2) is 4.99 Å². The molecule has 0 heterocycles. The fourth-order valence-electron chi connectivity index (χ4n) is 1.95. The van der Waals surface area contributed by atoms with Crippen LogP contribution in [-0.4, -0.2) is 33.4 Å². The van der Waals surface area contributed by atoms with Crippen molar-refractivity contribution in [2.75, 3.05) is 7.05 Å². The van der Waals surface area contributed by atoms with Crippen LogP contribution in [0.5, 0.6) is 0 Å². The van der Waals surface area contributed by atoms with Gasteiger partial charge in [0, 0.05) is 13.6 Å². The van der Waals surface area contributed by atoms with E-state index in [4.69, 9.17) is 0 Å². The molecule has 0 fully saturated rings. The number of benzene rings is 2. The van der Waals surface area contributed by atoms with Gasteiger partial charge in [-0.15, -0.1) is 0 Å². The second-order valence-corrected chi connectivity index (χ2v) is 6.48. The first kappa shape index (κ1) is 17.1. The summed E-state index contributed by atoms with van der Waals surface area (Å²) in [7, 11) is 1.93. The Kier molecular flexibility index (Phi) is 6.23. The lowest BCUT2D eigenvalue weighted by molar-refractivity contribution is -0.136. The summed E-state index contributed by atoms with van der Waals surface area (Å²) < 4.78 is 0. The molecule has 0 aliphatic heterocycles. The summed E-state index contributed by atoms with van der Waals surface area (Å²) in [4.78, 5) is 17.8. The largest absolute Gasteiger partial charge is 0.480 e. The van der Waals surface area contributed by atoms with Crippen molar-refractivity contribution in [2.24, 2.45) is 4.99 Å². The predicted octanol–water partition coefficient (Wildman–Crippen LogP) is 4.01. The SMILES string of the molecule is C[C@@H](SC(=Nc1ccccc1)N(C)Cc1ccccc1)C(=O)O.